The lowest BCUT2D eigenvalue weighted by molar-refractivity contribution is -0.115. The van der Waals surface area contributed by atoms with Crippen LogP contribution in [-0.2, 0) is 16.1 Å². The number of furan rings is 1. The predicted octanol–water partition coefficient (Wildman–Crippen LogP) is 1.38. The van der Waals surface area contributed by atoms with Crippen molar-refractivity contribution in [3.63, 3.8) is 0 Å². The van der Waals surface area contributed by atoms with Gasteiger partial charge in [0.2, 0.25) is 5.91 Å². The summed E-state index contributed by atoms with van der Waals surface area (Å²) in [7, 11) is 1.57. The molecule has 0 unspecified atom stereocenters. The van der Waals surface area contributed by atoms with Gasteiger partial charge in [-0.2, -0.15) is 0 Å². The van der Waals surface area contributed by atoms with E-state index in [2.05, 4.69) is 16.0 Å². The molecule has 1 aromatic carbocycles. The highest BCUT2D eigenvalue weighted by Crippen LogP contribution is 2.10. The third kappa shape index (κ3) is 5.86. The standard InChI is InChI=1S/C17H21N3O4/c1-23-9-7-19-17(22)13-4-2-5-14(10-13)20-16(21)12-18-11-15-6-3-8-24-15/h2-6,8,10,18H,7,9,11-12H2,1H3,(H,19,22)(H,20,21). The highest BCUT2D eigenvalue weighted by atomic mass is 16.5. The van der Waals surface area contributed by atoms with Gasteiger partial charge in [0.05, 0.1) is 26.0 Å². The van der Waals surface area contributed by atoms with Crippen molar-refractivity contribution in [3.8, 4) is 0 Å². The third-order valence-electron chi connectivity index (χ3n) is 3.17. The lowest BCUT2D eigenvalue weighted by Gasteiger charge is -2.08. The monoisotopic (exact) mass is 331 g/mol. The van der Waals surface area contributed by atoms with Gasteiger partial charge in [0, 0.05) is 24.9 Å². The molecule has 0 atom stereocenters. The number of ether oxygens (including phenoxy) is 1. The zero-order chi connectivity index (χ0) is 17.2. The van der Waals surface area contributed by atoms with Crippen LogP contribution in [0.5, 0.6) is 0 Å². The van der Waals surface area contributed by atoms with Crippen LogP contribution < -0.4 is 16.0 Å². The lowest BCUT2D eigenvalue weighted by atomic mass is 10.2. The fourth-order valence-electron chi connectivity index (χ4n) is 2.02. The Bertz CT molecular complexity index is 656. The molecule has 3 N–H and O–H groups in total. The summed E-state index contributed by atoms with van der Waals surface area (Å²) in [6, 6.07) is 10.4. The molecule has 1 aromatic heterocycles. The summed E-state index contributed by atoms with van der Waals surface area (Å²) in [6.07, 6.45) is 1.58. The molecule has 7 nitrogen and oxygen atoms in total. The van der Waals surface area contributed by atoms with E-state index in [0.29, 0.717) is 30.9 Å². The van der Waals surface area contributed by atoms with E-state index in [1.54, 1.807) is 43.7 Å². The van der Waals surface area contributed by atoms with Gasteiger partial charge in [0.15, 0.2) is 0 Å². The van der Waals surface area contributed by atoms with Crippen LogP contribution in [0, 0.1) is 0 Å². The van der Waals surface area contributed by atoms with Crippen molar-refractivity contribution in [2.75, 3.05) is 32.1 Å². The van der Waals surface area contributed by atoms with Crippen LogP contribution in [0.2, 0.25) is 0 Å². The van der Waals surface area contributed by atoms with Crippen LogP contribution in [0.3, 0.4) is 0 Å². The minimum Gasteiger partial charge on any atom is -0.468 e. The van der Waals surface area contributed by atoms with Crippen molar-refractivity contribution in [2.24, 2.45) is 0 Å². The van der Waals surface area contributed by atoms with Crippen LogP contribution in [0.15, 0.2) is 47.1 Å². The summed E-state index contributed by atoms with van der Waals surface area (Å²) in [5.74, 6) is 0.357. The molecule has 2 amide bonds. The Morgan fingerprint density at radius 2 is 2.08 bits per heavy atom. The van der Waals surface area contributed by atoms with Gasteiger partial charge in [-0.15, -0.1) is 0 Å². The molecule has 1 heterocycles. The number of hydrogen-bond donors (Lipinski definition) is 3. The van der Waals surface area contributed by atoms with Gasteiger partial charge in [0.25, 0.3) is 5.91 Å². The zero-order valence-electron chi connectivity index (χ0n) is 13.5. The molecule has 0 radical (unpaired) electrons. The van der Waals surface area contributed by atoms with Gasteiger partial charge in [0.1, 0.15) is 5.76 Å². The van der Waals surface area contributed by atoms with Crippen molar-refractivity contribution >= 4 is 17.5 Å². The number of hydrogen-bond acceptors (Lipinski definition) is 5. The normalized spacial score (nSPS) is 10.4. The van der Waals surface area contributed by atoms with Crippen LogP contribution >= 0.6 is 0 Å². The van der Waals surface area contributed by atoms with Gasteiger partial charge in [-0.25, -0.2) is 0 Å². The van der Waals surface area contributed by atoms with E-state index in [4.69, 9.17) is 9.15 Å². The van der Waals surface area contributed by atoms with E-state index in [9.17, 15) is 9.59 Å². The van der Waals surface area contributed by atoms with Crippen molar-refractivity contribution in [3.05, 3.63) is 54.0 Å². The number of anilines is 1. The largest absolute Gasteiger partial charge is 0.468 e. The maximum atomic E-state index is 12.0. The van der Waals surface area contributed by atoms with Crippen molar-refractivity contribution in [1.82, 2.24) is 10.6 Å². The summed E-state index contributed by atoms with van der Waals surface area (Å²) in [6.45, 7) is 1.50. The van der Waals surface area contributed by atoms with Crippen molar-refractivity contribution < 1.29 is 18.7 Å². The predicted molar refractivity (Wildman–Crippen MR) is 89.7 cm³/mol. The van der Waals surface area contributed by atoms with Crippen LogP contribution in [-0.4, -0.2) is 38.6 Å². The van der Waals surface area contributed by atoms with Crippen LogP contribution in [0.4, 0.5) is 5.69 Å². The first-order valence-corrected chi connectivity index (χ1v) is 7.59. The molecule has 0 aliphatic carbocycles. The summed E-state index contributed by atoms with van der Waals surface area (Å²) < 4.78 is 10.1. The number of rotatable bonds is 9. The summed E-state index contributed by atoms with van der Waals surface area (Å²) >= 11 is 0. The molecular weight excluding hydrogens is 310 g/mol. The second-order valence-corrected chi connectivity index (χ2v) is 5.06. The Kier molecular flexibility index (Phi) is 7.00. The Morgan fingerprint density at radius 3 is 2.83 bits per heavy atom. The molecule has 0 aliphatic heterocycles. The lowest BCUT2D eigenvalue weighted by Crippen LogP contribution is -2.28. The van der Waals surface area contributed by atoms with Gasteiger partial charge in [-0.1, -0.05) is 6.07 Å². The first-order valence-electron chi connectivity index (χ1n) is 7.59. The van der Waals surface area contributed by atoms with Gasteiger partial charge < -0.3 is 25.1 Å². The highest BCUT2D eigenvalue weighted by Gasteiger charge is 2.07. The minimum absolute atomic E-state index is 0.144. The van der Waals surface area contributed by atoms with E-state index in [0.717, 1.165) is 5.76 Å². The first-order chi connectivity index (χ1) is 11.7. The average Bonchev–Trinajstić information content (AvgIpc) is 3.08. The molecule has 0 spiro atoms. The fraction of sp³-hybridized carbons (Fsp3) is 0.294. The van der Waals surface area contributed by atoms with Gasteiger partial charge in [-0.05, 0) is 30.3 Å². The smallest absolute Gasteiger partial charge is 0.251 e. The van der Waals surface area contributed by atoms with Crippen LogP contribution in [0.1, 0.15) is 16.1 Å². The molecular formula is C17H21N3O4. The summed E-state index contributed by atoms with van der Waals surface area (Å²) in [4.78, 5) is 23.9. The second-order valence-electron chi connectivity index (χ2n) is 5.06. The SMILES string of the molecule is COCCNC(=O)c1cccc(NC(=O)CNCc2ccco2)c1. The molecule has 0 saturated heterocycles. The summed E-state index contributed by atoms with van der Waals surface area (Å²) in [5, 5.41) is 8.46. The number of carbonyl (C=O) groups excluding carboxylic acids is 2. The number of benzene rings is 1. The highest BCUT2D eigenvalue weighted by molar-refractivity contribution is 5.97. The Labute approximate surface area is 140 Å². The molecule has 0 fully saturated rings. The minimum atomic E-state index is -0.209. The Balaban J connectivity index is 1.80. The third-order valence-corrected chi connectivity index (χ3v) is 3.17. The first kappa shape index (κ1) is 17.7. The van der Waals surface area contributed by atoms with E-state index >= 15 is 0 Å². The molecule has 0 aliphatic rings. The van der Waals surface area contributed by atoms with E-state index in [1.165, 1.54) is 0 Å². The number of nitrogens with one attached hydrogen (secondary N) is 3. The summed E-state index contributed by atoms with van der Waals surface area (Å²) in [5.41, 5.74) is 1.05. The number of carbonyl (C=O) groups is 2. The number of methoxy groups -OCH3 is 1. The zero-order valence-corrected chi connectivity index (χ0v) is 13.5. The van der Waals surface area contributed by atoms with Crippen molar-refractivity contribution in [1.29, 1.82) is 0 Å². The molecule has 0 bridgehead atoms. The molecule has 24 heavy (non-hydrogen) atoms. The van der Waals surface area contributed by atoms with Crippen molar-refractivity contribution in [2.45, 2.75) is 6.54 Å². The quantitative estimate of drug-likeness (QED) is 0.604. The number of amides is 2. The molecule has 7 heteroatoms. The van der Waals surface area contributed by atoms with E-state index in [-0.39, 0.29) is 18.4 Å². The van der Waals surface area contributed by atoms with E-state index in [1.807, 2.05) is 6.07 Å². The molecule has 128 valence electrons. The topological polar surface area (TPSA) is 92.6 Å². The second kappa shape index (κ2) is 9.49. The van der Waals surface area contributed by atoms with Crippen LogP contribution in [0.25, 0.3) is 0 Å². The fourth-order valence-corrected chi connectivity index (χ4v) is 2.02. The molecule has 2 aromatic rings. The van der Waals surface area contributed by atoms with Gasteiger partial charge in [-0.3, -0.25) is 9.59 Å². The molecule has 0 saturated carbocycles. The van der Waals surface area contributed by atoms with E-state index < -0.39 is 0 Å². The Hall–Kier alpha value is -2.64. The average molecular weight is 331 g/mol. The maximum Gasteiger partial charge on any atom is 0.251 e. The Morgan fingerprint density at radius 1 is 1.21 bits per heavy atom. The maximum absolute atomic E-state index is 12.0. The van der Waals surface area contributed by atoms with Gasteiger partial charge >= 0.3 is 0 Å². The molecule has 2 rings (SSSR count).